The second-order valence-electron chi connectivity index (χ2n) is 19.5. The molecule has 0 unspecified atom stereocenters. The number of hydrogen-bond donors (Lipinski definition) is 2. The molecular formula is C52H58N6O6Si2. The van der Waals surface area contributed by atoms with E-state index in [1.807, 2.05) is 62.4 Å². The number of nitrogens with one attached hydrogen (secondary N) is 2. The predicted molar refractivity (Wildman–Crippen MR) is 266 cm³/mol. The Balaban J connectivity index is 0.000000196. The van der Waals surface area contributed by atoms with Gasteiger partial charge in [0.05, 0.1) is 44.7 Å². The molecule has 0 saturated heterocycles. The quantitative estimate of drug-likeness (QED) is 0.0807. The lowest BCUT2D eigenvalue weighted by atomic mass is 9.96. The number of aromatic nitrogens is 2. The molecule has 12 nitrogen and oxygen atoms in total. The molecule has 8 rings (SSSR count). The summed E-state index contributed by atoms with van der Waals surface area (Å²) in [7, 11) is -3.20. The van der Waals surface area contributed by atoms with Crippen molar-refractivity contribution >= 4 is 84.8 Å². The summed E-state index contributed by atoms with van der Waals surface area (Å²) in [5.74, 6) is -2.59. The Morgan fingerprint density at radius 2 is 0.803 bits per heavy atom. The molecule has 4 heterocycles. The monoisotopic (exact) mass is 918 g/mol. The van der Waals surface area contributed by atoms with E-state index in [2.05, 4.69) is 59.9 Å². The van der Waals surface area contributed by atoms with Gasteiger partial charge in [0, 0.05) is 39.3 Å². The third-order valence-corrected chi connectivity index (χ3v) is 15.7. The van der Waals surface area contributed by atoms with Crippen LogP contribution in [0.1, 0.15) is 68.1 Å². The topological polar surface area (TPSA) is 159 Å². The number of fused-ring (bicyclic) bond motifs is 4. The van der Waals surface area contributed by atoms with E-state index in [9.17, 15) is 28.8 Å². The highest BCUT2D eigenvalue weighted by atomic mass is 28.3. The summed E-state index contributed by atoms with van der Waals surface area (Å²) in [5, 5.41) is 7.81. The average Bonchev–Trinajstić information content (AvgIpc) is 3.69. The zero-order valence-electron chi connectivity index (χ0n) is 38.9. The summed E-state index contributed by atoms with van der Waals surface area (Å²) >= 11 is 0. The number of imide groups is 2. The van der Waals surface area contributed by atoms with E-state index < -0.39 is 51.9 Å². The van der Waals surface area contributed by atoms with E-state index in [1.165, 1.54) is 9.80 Å². The van der Waals surface area contributed by atoms with Gasteiger partial charge in [0.15, 0.2) is 0 Å². The number of nitrogens with zero attached hydrogens (tertiary/aromatic N) is 4. The molecule has 2 aromatic heterocycles. The lowest BCUT2D eigenvalue weighted by Crippen LogP contribution is -2.52. The molecule has 4 atom stereocenters. The number of carbonyl (C=O) groups excluding carboxylic acids is 6. The van der Waals surface area contributed by atoms with Crippen LogP contribution in [0.5, 0.6) is 0 Å². The molecule has 2 N–H and O–H groups in total. The van der Waals surface area contributed by atoms with Gasteiger partial charge in [-0.3, -0.25) is 48.5 Å². The van der Waals surface area contributed by atoms with E-state index >= 15 is 0 Å². The fraction of sp³-hybridized carbons (Fsp3) is 0.308. The molecule has 66 heavy (non-hydrogen) atoms. The predicted octanol–water partition coefficient (Wildman–Crippen LogP) is 10.4. The van der Waals surface area contributed by atoms with E-state index in [0.717, 1.165) is 22.9 Å². The van der Waals surface area contributed by atoms with E-state index in [1.54, 1.807) is 73.1 Å². The average molecular weight is 919 g/mol. The second-order valence-corrected chi connectivity index (χ2v) is 30.6. The van der Waals surface area contributed by atoms with Gasteiger partial charge in [-0.25, -0.2) is 0 Å². The molecule has 2 aliphatic rings. The minimum absolute atomic E-state index is 0.137. The minimum Gasteiger partial charge on any atom is -0.322 e. The number of pyridine rings is 2. The summed E-state index contributed by atoms with van der Waals surface area (Å²) in [6.45, 7) is 17.5. The molecular weight excluding hydrogens is 861 g/mol. The van der Waals surface area contributed by atoms with E-state index in [-0.39, 0.29) is 23.7 Å². The smallest absolute Gasteiger partial charge is 0.262 e. The fourth-order valence-electron chi connectivity index (χ4n) is 9.36. The van der Waals surface area contributed by atoms with Crippen molar-refractivity contribution in [2.45, 2.75) is 90.1 Å². The van der Waals surface area contributed by atoms with Crippen LogP contribution in [0.15, 0.2) is 122 Å². The van der Waals surface area contributed by atoms with Crippen LogP contribution in [-0.2, 0) is 9.59 Å². The number of benzene rings is 4. The van der Waals surface area contributed by atoms with Crippen molar-refractivity contribution < 1.29 is 28.8 Å². The van der Waals surface area contributed by atoms with E-state index in [4.69, 9.17) is 0 Å². The van der Waals surface area contributed by atoms with Crippen LogP contribution >= 0.6 is 0 Å². The first-order chi connectivity index (χ1) is 31.4. The molecule has 6 amide bonds. The van der Waals surface area contributed by atoms with Gasteiger partial charge >= 0.3 is 0 Å². The van der Waals surface area contributed by atoms with Crippen LogP contribution in [0, 0.1) is 11.8 Å². The first-order valence-corrected chi connectivity index (χ1v) is 30.1. The van der Waals surface area contributed by atoms with Gasteiger partial charge in [0.1, 0.15) is 12.1 Å². The van der Waals surface area contributed by atoms with Gasteiger partial charge in [-0.15, -0.1) is 0 Å². The molecule has 2 aliphatic heterocycles. The molecule has 6 aromatic rings. The van der Waals surface area contributed by atoms with Crippen molar-refractivity contribution in [3.05, 3.63) is 144 Å². The largest absolute Gasteiger partial charge is 0.322 e. The lowest BCUT2D eigenvalue weighted by molar-refractivity contribution is -0.122. The zero-order chi connectivity index (χ0) is 47.5. The van der Waals surface area contributed by atoms with Crippen LogP contribution in [0.2, 0.25) is 51.4 Å². The van der Waals surface area contributed by atoms with Gasteiger partial charge in [-0.1, -0.05) is 139 Å². The lowest BCUT2D eigenvalue weighted by Gasteiger charge is -2.34. The van der Waals surface area contributed by atoms with Crippen molar-refractivity contribution in [1.82, 2.24) is 19.8 Å². The molecule has 340 valence electrons. The highest BCUT2D eigenvalue weighted by Gasteiger charge is 2.48. The van der Waals surface area contributed by atoms with Crippen LogP contribution in [0.3, 0.4) is 0 Å². The van der Waals surface area contributed by atoms with Gasteiger partial charge in [0.2, 0.25) is 11.8 Å². The van der Waals surface area contributed by atoms with Gasteiger partial charge in [0.25, 0.3) is 23.6 Å². The molecule has 0 saturated carbocycles. The standard InChI is InChI=1S/2C26H29N3O3Si/c2*1-5-17(16-33(2,3)4)23(29-25(31)19-12-6-7-13-20(19)26(29)32)24(30)28-21-14-8-10-18-11-9-15-27-22(18)21/h2*6-15,17,23H,5,16H2,1-4H3,(H,28,30)/t2*17-,23+/m11/s1. The fourth-order valence-corrected chi connectivity index (χ4v) is 13.5. The number of anilines is 2. The summed E-state index contributed by atoms with van der Waals surface area (Å²) < 4.78 is 0. The van der Waals surface area contributed by atoms with Crippen LogP contribution in [0.25, 0.3) is 21.8 Å². The molecule has 0 bridgehead atoms. The van der Waals surface area contributed by atoms with Crippen LogP contribution in [-0.4, -0.2) is 83.4 Å². The maximum absolute atomic E-state index is 13.8. The molecule has 14 heteroatoms. The van der Waals surface area contributed by atoms with Crippen LogP contribution in [0.4, 0.5) is 11.4 Å². The van der Waals surface area contributed by atoms with Crippen molar-refractivity contribution in [3.63, 3.8) is 0 Å². The summed E-state index contributed by atoms with van der Waals surface area (Å²) in [6.07, 6.45) is 4.73. The number of hydrogen-bond acceptors (Lipinski definition) is 8. The summed E-state index contributed by atoms with van der Waals surface area (Å²) in [4.78, 5) is 92.1. The maximum Gasteiger partial charge on any atom is 0.262 e. The Hall–Kier alpha value is -6.65. The number of para-hydroxylation sites is 2. The Morgan fingerprint density at radius 1 is 0.485 bits per heavy atom. The minimum atomic E-state index is -1.60. The highest BCUT2D eigenvalue weighted by Crippen LogP contribution is 2.35. The first-order valence-electron chi connectivity index (χ1n) is 22.7. The Bertz CT molecular complexity index is 2580. The molecule has 0 aliphatic carbocycles. The molecule has 0 radical (unpaired) electrons. The number of amides is 6. The van der Waals surface area contributed by atoms with Crippen molar-refractivity contribution in [3.8, 4) is 0 Å². The Morgan fingerprint density at radius 3 is 1.11 bits per heavy atom. The maximum atomic E-state index is 13.8. The van der Waals surface area contributed by atoms with Gasteiger partial charge < -0.3 is 10.6 Å². The summed E-state index contributed by atoms with van der Waals surface area (Å²) in [5.41, 5.74) is 3.92. The Kier molecular flexibility index (Phi) is 13.9. The van der Waals surface area contributed by atoms with Crippen molar-refractivity contribution in [2.24, 2.45) is 11.8 Å². The molecule has 0 fully saturated rings. The van der Waals surface area contributed by atoms with Crippen LogP contribution < -0.4 is 10.6 Å². The summed E-state index contributed by atoms with van der Waals surface area (Å²) in [6, 6.07) is 32.1. The highest BCUT2D eigenvalue weighted by molar-refractivity contribution is 6.76. The van der Waals surface area contributed by atoms with Gasteiger partial charge in [-0.05, 0) is 60.4 Å². The van der Waals surface area contributed by atoms with Crippen molar-refractivity contribution in [1.29, 1.82) is 0 Å². The third kappa shape index (κ3) is 9.94. The Labute approximate surface area is 388 Å². The van der Waals surface area contributed by atoms with Crippen molar-refractivity contribution in [2.75, 3.05) is 10.6 Å². The first kappa shape index (κ1) is 47.3. The SMILES string of the molecule is CC[C@H](C[Si](C)(C)C)[C@@H](C(=O)Nc1cccc2cccnc12)N1C(=O)c2ccccc2C1=O.CC[C@H](C[Si](C)(C)C)[C@@H](C(=O)Nc1cccc2cccnc12)N1C(=O)c2ccccc2C1=O. The normalized spacial score (nSPS) is 15.5. The zero-order valence-corrected chi connectivity index (χ0v) is 40.9. The number of rotatable bonds is 14. The third-order valence-electron chi connectivity index (χ3n) is 12.2. The van der Waals surface area contributed by atoms with E-state index in [0.29, 0.717) is 57.5 Å². The molecule has 0 spiro atoms. The van der Waals surface area contributed by atoms with Gasteiger partial charge in [-0.2, -0.15) is 0 Å². The number of carbonyl (C=O) groups is 6. The second kappa shape index (κ2) is 19.4. The molecule has 4 aromatic carbocycles.